The molecule has 2 rings (SSSR count). The Morgan fingerprint density at radius 2 is 2.53 bits per heavy atom. The fourth-order valence-corrected chi connectivity index (χ4v) is 1.35. The Bertz CT molecular complexity index is 412. The zero-order valence-corrected chi connectivity index (χ0v) is 7.55. The molecule has 6 nitrogen and oxygen atoms in total. The van der Waals surface area contributed by atoms with Crippen LogP contribution in [0.3, 0.4) is 0 Å². The smallest absolute Gasteiger partial charge is 0.282 e. The number of rotatable bonds is 2. The van der Waals surface area contributed by atoms with Gasteiger partial charge in [0.15, 0.2) is 0 Å². The molecule has 0 fully saturated rings. The van der Waals surface area contributed by atoms with E-state index in [0.717, 1.165) is 0 Å². The second-order valence-electron chi connectivity index (χ2n) is 3.06. The molecule has 0 aromatic carbocycles. The molecule has 80 valence electrons. The van der Waals surface area contributed by atoms with Gasteiger partial charge >= 0.3 is 0 Å². The Morgan fingerprint density at radius 3 is 3.20 bits per heavy atom. The molecule has 1 atom stereocenters. The quantitative estimate of drug-likeness (QED) is 0.429. The number of alkyl halides is 2. The third-order valence-electron chi connectivity index (χ3n) is 2.01. The molecule has 0 spiro atoms. The molecule has 1 aliphatic rings. The lowest BCUT2D eigenvalue weighted by Gasteiger charge is -2.19. The third kappa shape index (κ3) is 1.84. The molecule has 0 amide bonds. The van der Waals surface area contributed by atoms with E-state index in [1.165, 1.54) is 10.7 Å². The number of azide groups is 1. The summed E-state index contributed by atoms with van der Waals surface area (Å²) in [6, 6.07) is 0.796. The van der Waals surface area contributed by atoms with E-state index < -0.39 is 12.5 Å². The molecule has 0 saturated heterocycles. The Hall–Kier alpha value is -1.82. The number of hydrogen-bond donors (Lipinski definition) is 0. The van der Waals surface area contributed by atoms with E-state index in [1.54, 1.807) is 0 Å². The predicted octanol–water partition coefficient (Wildman–Crippen LogP) is 1.89. The molecule has 0 N–H and O–H groups in total. The highest BCUT2D eigenvalue weighted by molar-refractivity contribution is 5.18. The maximum Gasteiger partial charge on any atom is 0.282 e. The molecule has 15 heavy (non-hydrogen) atoms. The molecule has 0 aliphatic carbocycles. The Kier molecular flexibility index (Phi) is 2.42. The van der Waals surface area contributed by atoms with E-state index in [2.05, 4.69) is 15.1 Å². The van der Waals surface area contributed by atoms with Crippen molar-refractivity contribution in [2.75, 3.05) is 6.61 Å². The van der Waals surface area contributed by atoms with E-state index in [9.17, 15) is 8.78 Å². The van der Waals surface area contributed by atoms with Crippen LogP contribution in [0.15, 0.2) is 11.2 Å². The highest BCUT2D eigenvalue weighted by Gasteiger charge is 2.23. The number of halogens is 2. The summed E-state index contributed by atoms with van der Waals surface area (Å²) in [7, 11) is 0. The van der Waals surface area contributed by atoms with Crippen LogP contribution in [0.2, 0.25) is 0 Å². The van der Waals surface area contributed by atoms with Crippen LogP contribution in [0.25, 0.3) is 10.4 Å². The van der Waals surface area contributed by atoms with Gasteiger partial charge in [-0.1, -0.05) is 5.11 Å². The van der Waals surface area contributed by atoms with Crippen molar-refractivity contribution in [1.82, 2.24) is 9.78 Å². The first-order valence-electron chi connectivity index (χ1n) is 4.23. The topological polar surface area (TPSA) is 75.8 Å². The van der Waals surface area contributed by atoms with Gasteiger partial charge in [0.1, 0.15) is 12.3 Å². The summed E-state index contributed by atoms with van der Waals surface area (Å²) < 4.78 is 31.0. The Balaban J connectivity index is 2.22. The Morgan fingerprint density at radius 1 is 1.73 bits per heavy atom. The number of nitrogens with zero attached hydrogens (tertiary/aromatic N) is 5. The molecule has 0 radical (unpaired) electrons. The lowest BCUT2D eigenvalue weighted by Crippen LogP contribution is -2.28. The first kappa shape index (κ1) is 9.72. The van der Waals surface area contributed by atoms with E-state index in [0.29, 0.717) is 0 Å². The van der Waals surface area contributed by atoms with Crippen LogP contribution in [-0.4, -0.2) is 22.4 Å². The summed E-state index contributed by atoms with van der Waals surface area (Å²) in [5, 5.41) is 7.08. The number of ether oxygens (including phenoxy) is 1. The molecule has 8 heteroatoms. The van der Waals surface area contributed by atoms with Crippen LogP contribution < -0.4 is 4.74 Å². The summed E-state index contributed by atoms with van der Waals surface area (Å²) in [6.07, 6.45) is -2.62. The van der Waals surface area contributed by atoms with Crippen LogP contribution in [0, 0.1) is 0 Å². The monoisotopic (exact) mass is 215 g/mol. The van der Waals surface area contributed by atoms with Crippen molar-refractivity contribution in [3.63, 3.8) is 0 Å². The van der Waals surface area contributed by atoms with Crippen molar-refractivity contribution >= 4 is 0 Å². The van der Waals surface area contributed by atoms with Crippen molar-refractivity contribution in [3.05, 3.63) is 22.2 Å². The van der Waals surface area contributed by atoms with Crippen LogP contribution in [-0.2, 0) is 6.54 Å². The second kappa shape index (κ2) is 3.74. The van der Waals surface area contributed by atoms with Gasteiger partial charge in [0.2, 0.25) is 5.88 Å². The highest BCUT2D eigenvalue weighted by atomic mass is 19.3. The fraction of sp³-hybridized carbons (Fsp3) is 0.571. The zero-order valence-electron chi connectivity index (χ0n) is 7.55. The van der Waals surface area contributed by atoms with Crippen LogP contribution in [0.4, 0.5) is 8.78 Å². The van der Waals surface area contributed by atoms with Gasteiger partial charge in [-0.3, -0.25) is 0 Å². The number of fused-ring (bicyclic) bond motifs is 1. The van der Waals surface area contributed by atoms with Crippen molar-refractivity contribution in [3.8, 4) is 5.88 Å². The summed E-state index contributed by atoms with van der Waals surface area (Å²) in [4.78, 5) is 2.63. The first-order chi connectivity index (χ1) is 7.20. The average Bonchev–Trinajstić information content (AvgIpc) is 2.61. The molecular weight excluding hydrogens is 208 g/mol. The van der Waals surface area contributed by atoms with Gasteiger partial charge in [0.05, 0.1) is 12.6 Å². The molecule has 2 heterocycles. The SMILES string of the molecule is [N-]=[N+]=NC1COc2cc(C(F)F)nn2C1. The van der Waals surface area contributed by atoms with E-state index in [4.69, 9.17) is 10.3 Å². The molecule has 0 saturated carbocycles. The van der Waals surface area contributed by atoms with Crippen LogP contribution >= 0.6 is 0 Å². The maximum absolute atomic E-state index is 12.3. The number of aromatic nitrogens is 2. The normalized spacial score (nSPS) is 19.3. The van der Waals surface area contributed by atoms with Gasteiger partial charge in [-0.05, 0) is 5.53 Å². The van der Waals surface area contributed by atoms with Gasteiger partial charge < -0.3 is 4.74 Å². The minimum Gasteiger partial charge on any atom is -0.477 e. The standard InChI is InChI=1S/C7H7F2N5O/c8-7(9)5-1-6-14(12-5)2-4(3-15-6)11-13-10/h1,4,7H,2-3H2. The van der Waals surface area contributed by atoms with Crippen molar-refractivity contribution in [1.29, 1.82) is 0 Å². The molecular formula is C7H7F2N5O. The molecule has 1 aliphatic heterocycles. The fourth-order valence-electron chi connectivity index (χ4n) is 1.35. The van der Waals surface area contributed by atoms with Crippen molar-refractivity contribution < 1.29 is 13.5 Å². The molecule has 1 unspecified atom stereocenters. The molecule has 0 bridgehead atoms. The predicted molar refractivity (Wildman–Crippen MR) is 45.6 cm³/mol. The summed E-state index contributed by atoms with van der Waals surface area (Å²) in [5.41, 5.74) is 7.89. The summed E-state index contributed by atoms with van der Waals surface area (Å²) in [6.45, 7) is 0.463. The summed E-state index contributed by atoms with van der Waals surface area (Å²) in [5.74, 6) is 0.287. The zero-order chi connectivity index (χ0) is 10.8. The third-order valence-corrected chi connectivity index (χ3v) is 2.01. The van der Waals surface area contributed by atoms with Crippen molar-refractivity contribution in [2.45, 2.75) is 19.0 Å². The largest absolute Gasteiger partial charge is 0.477 e. The van der Waals surface area contributed by atoms with Crippen LogP contribution in [0.1, 0.15) is 12.1 Å². The van der Waals surface area contributed by atoms with Gasteiger partial charge in [0, 0.05) is 11.0 Å². The van der Waals surface area contributed by atoms with Gasteiger partial charge in [-0.15, -0.1) is 0 Å². The van der Waals surface area contributed by atoms with Gasteiger partial charge in [-0.2, -0.15) is 5.10 Å². The number of hydrogen-bond acceptors (Lipinski definition) is 3. The van der Waals surface area contributed by atoms with E-state index in [1.807, 2.05) is 0 Å². The minimum absolute atomic E-state index is 0.193. The van der Waals surface area contributed by atoms with E-state index >= 15 is 0 Å². The average molecular weight is 215 g/mol. The minimum atomic E-state index is -2.62. The first-order valence-corrected chi connectivity index (χ1v) is 4.23. The molecule has 1 aromatic rings. The Labute approximate surface area is 83.1 Å². The summed E-state index contributed by atoms with van der Waals surface area (Å²) >= 11 is 0. The van der Waals surface area contributed by atoms with Crippen molar-refractivity contribution in [2.24, 2.45) is 5.11 Å². The van der Waals surface area contributed by atoms with Gasteiger partial charge in [-0.25, -0.2) is 13.5 Å². The lowest BCUT2D eigenvalue weighted by atomic mass is 10.3. The maximum atomic E-state index is 12.3. The highest BCUT2D eigenvalue weighted by Crippen LogP contribution is 2.25. The lowest BCUT2D eigenvalue weighted by molar-refractivity contribution is 0.144. The van der Waals surface area contributed by atoms with Crippen LogP contribution in [0.5, 0.6) is 5.88 Å². The van der Waals surface area contributed by atoms with Gasteiger partial charge in [0.25, 0.3) is 6.43 Å². The molecule has 1 aromatic heterocycles. The van der Waals surface area contributed by atoms with E-state index in [-0.39, 0.29) is 24.7 Å². The second-order valence-corrected chi connectivity index (χ2v) is 3.06.